The lowest BCUT2D eigenvalue weighted by Crippen LogP contribution is -2.40. The number of carbonyl (C=O) groups excluding carboxylic acids is 3. The van der Waals surface area contributed by atoms with Crippen LogP contribution in [0.2, 0.25) is 0 Å². The molecule has 2 amide bonds. The Morgan fingerprint density at radius 1 is 1.10 bits per heavy atom. The summed E-state index contributed by atoms with van der Waals surface area (Å²) >= 11 is 0. The van der Waals surface area contributed by atoms with Crippen molar-refractivity contribution in [2.75, 3.05) is 20.2 Å². The molecular formula is C22H21N3O4. The average molecular weight is 391 g/mol. The predicted octanol–water partition coefficient (Wildman–Crippen LogP) is 2.12. The van der Waals surface area contributed by atoms with Gasteiger partial charge in [0.2, 0.25) is 5.91 Å². The highest BCUT2D eigenvalue weighted by Crippen LogP contribution is 2.27. The Labute approximate surface area is 168 Å². The number of likely N-dealkylation sites (N-methyl/N-ethyl adjacent to an activating group) is 1. The number of nitrogens with zero attached hydrogens (tertiary/aromatic N) is 2. The second-order valence-corrected chi connectivity index (χ2v) is 6.87. The standard InChI is InChI=1S/C22H21N3O4/c1-25(13-20(26)24-16-10-11-16)21(27)14-29-22(28)19-9-5-4-8-18(19)17-7-3-2-6-15(17)12-23/h2-9,16H,10-11,13-14H2,1H3,(H,24,26). The zero-order valence-electron chi connectivity index (χ0n) is 16.1. The SMILES string of the molecule is CN(CC(=O)NC1CC1)C(=O)COC(=O)c1ccccc1-c1ccccc1C#N. The van der Waals surface area contributed by atoms with Crippen molar-refractivity contribution < 1.29 is 19.1 Å². The van der Waals surface area contributed by atoms with Crippen molar-refractivity contribution in [1.82, 2.24) is 10.2 Å². The van der Waals surface area contributed by atoms with Crippen molar-refractivity contribution >= 4 is 17.8 Å². The molecular weight excluding hydrogens is 370 g/mol. The molecule has 0 aromatic heterocycles. The molecule has 7 nitrogen and oxygen atoms in total. The fraction of sp³-hybridized carbons (Fsp3) is 0.273. The second kappa shape index (κ2) is 9.02. The third kappa shape index (κ3) is 5.20. The number of carbonyl (C=O) groups is 3. The van der Waals surface area contributed by atoms with Gasteiger partial charge in [-0.3, -0.25) is 9.59 Å². The van der Waals surface area contributed by atoms with E-state index < -0.39 is 18.5 Å². The number of hydrogen-bond donors (Lipinski definition) is 1. The van der Waals surface area contributed by atoms with Gasteiger partial charge in [0, 0.05) is 18.7 Å². The largest absolute Gasteiger partial charge is 0.452 e. The summed E-state index contributed by atoms with van der Waals surface area (Å²) < 4.78 is 5.18. The maximum absolute atomic E-state index is 12.6. The van der Waals surface area contributed by atoms with E-state index in [-0.39, 0.29) is 24.1 Å². The highest BCUT2D eigenvalue weighted by atomic mass is 16.5. The summed E-state index contributed by atoms with van der Waals surface area (Å²) in [6.07, 6.45) is 1.94. The first kappa shape index (κ1) is 20.1. The van der Waals surface area contributed by atoms with Crippen LogP contribution in [0.4, 0.5) is 0 Å². The van der Waals surface area contributed by atoms with E-state index in [2.05, 4.69) is 11.4 Å². The van der Waals surface area contributed by atoms with Crippen molar-refractivity contribution in [3.63, 3.8) is 0 Å². The minimum atomic E-state index is -0.669. The zero-order valence-corrected chi connectivity index (χ0v) is 16.1. The molecule has 1 N–H and O–H groups in total. The van der Waals surface area contributed by atoms with Crippen LogP contribution in [0.15, 0.2) is 48.5 Å². The first-order valence-corrected chi connectivity index (χ1v) is 9.28. The molecule has 0 atom stereocenters. The Hall–Kier alpha value is -3.66. The second-order valence-electron chi connectivity index (χ2n) is 6.87. The Morgan fingerprint density at radius 3 is 2.45 bits per heavy atom. The number of amides is 2. The third-order valence-electron chi connectivity index (χ3n) is 4.56. The molecule has 0 bridgehead atoms. The van der Waals surface area contributed by atoms with Crippen LogP contribution in [-0.2, 0) is 14.3 Å². The summed E-state index contributed by atoms with van der Waals surface area (Å²) in [6, 6.07) is 16.0. The zero-order chi connectivity index (χ0) is 20.8. The van der Waals surface area contributed by atoms with E-state index in [1.807, 2.05) is 0 Å². The van der Waals surface area contributed by atoms with Crippen LogP contribution in [0.5, 0.6) is 0 Å². The molecule has 1 aliphatic carbocycles. The number of nitriles is 1. The highest BCUT2D eigenvalue weighted by Gasteiger charge is 2.24. The quantitative estimate of drug-likeness (QED) is 0.729. The van der Waals surface area contributed by atoms with Crippen molar-refractivity contribution in [3.8, 4) is 17.2 Å². The van der Waals surface area contributed by atoms with E-state index in [9.17, 15) is 19.6 Å². The summed E-state index contributed by atoms with van der Waals surface area (Å²) in [5.41, 5.74) is 1.87. The molecule has 2 aromatic rings. The molecule has 3 rings (SSSR count). The van der Waals surface area contributed by atoms with E-state index in [0.29, 0.717) is 16.7 Å². The summed E-state index contributed by atoms with van der Waals surface area (Å²) in [4.78, 5) is 37.8. The number of benzene rings is 2. The number of hydrogen-bond acceptors (Lipinski definition) is 5. The minimum Gasteiger partial charge on any atom is -0.452 e. The molecule has 0 spiro atoms. The summed E-state index contributed by atoms with van der Waals surface area (Å²) in [5, 5.41) is 12.1. The molecule has 29 heavy (non-hydrogen) atoms. The van der Waals surface area contributed by atoms with Gasteiger partial charge in [0.15, 0.2) is 6.61 Å². The van der Waals surface area contributed by atoms with Crippen molar-refractivity contribution in [1.29, 1.82) is 5.26 Å². The number of ether oxygens (including phenoxy) is 1. The predicted molar refractivity (Wildman–Crippen MR) is 106 cm³/mol. The van der Waals surface area contributed by atoms with Crippen molar-refractivity contribution in [3.05, 3.63) is 59.7 Å². The average Bonchev–Trinajstić information content (AvgIpc) is 3.55. The van der Waals surface area contributed by atoms with Crippen LogP contribution in [0, 0.1) is 11.3 Å². The lowest BCUT2D eigenvalue weighted by molar-refractivity contribution is -0.137. The molecule has 7 heteroatoms. The van der Waals surface area contributed by atoms with Gasteiger partial charge >= 0.3 is 5.97 Å². The fourth-order valence-electron chi connectivity index (χ4n) is 2.83. The van der Waals surface area contributed by atoms with E-state index in [0.717, 1.165) is 12.8 Å². The van der Waals surface area contributed by atoms with E-state index >= 15 is 0 Å². The van der Waals surface area contributed by atoms with E-state index in [1.165, 1.54) is 11.9 Å². The lowest BCUT2D eigenvalue weighted by Gasteiger charge is -2.17. The Kier molecular flexibility index (Phi) is 6.25. The molecule has 1 aliphatic rings. The Morgan fingerprint density at radius 2 is 1.76 bits per heavy atom. The Bertz CT molecular complexity index is 976. The van der Waals surface area contributed by atoms with Gasteiger partial charge in [0.25, 0.3) is 5.91 Å². The van der Waals surface area contributed by atoms with E-state index in [4.69, 9.17) is 4.74 Å². The molecule has 148 valence electrons. The van der Waals surface area contributed by atoms with Gasteiger partial charge in [0.1, 0.15) is 0 Å². The molecule has 0 heterocycles. The minimum absolute atomic E-state index is 0.0843. The van der Waals surface area contributed by atoms with Gasteiger partial charge in [-0.2, -0.15) is 5.26 Å². The first-order valence-electron chi connectivity index (χ1n) is 9.28. The van der Waals surface area contributed by atoms with Crippen LogP contribution in [0.3, 0.4) is 0 Å². The topological polar surface area (TPSA) is 99.5 Å². The Balaban J connectivity index is 1.64. The van der Waals surface area contributed by atoms with Gasteiger partial charge in [-0.1, -0.05) is 36.4 Å². The number of rotatable bonds is 7. The van der Waals surface area contributed by atoms with Gasteiger partial charge in [0.05, 0.1) is 23.7 Å². The molecule has 0 saturated heterocycles. The molecule has 0 unspecified atom stereocenters. The van der Waals surface area contributed by atoms with E-state index in [1.54, 1.807) is 48.5 Å². The monoisotopic (exact) mass is 391 g/mol. The van der Waals surface area contributed by atoms with Crippen LogP contribution >= 0.6 is 0 Å². The van der Waals surface area contributed by atoms with Gasteiger partial charge < -0.3 is 15.0 Å². The number of esters is 1. The molecule has 0 radical (unpaired) electrons. The fourth-order valence-corrected chi connectivity index (χ4v) is 2.83. The maximum Gasteiger partial charge on any atom is 0.339 e. The smallest absolute Gasteiger partial charge is 0.339 e. The van der Waals surface area contributed by atoms with Gasteiger partial charge in [-0.05, 0) is 30.5 Å². The van der Waals surface area contributed by atoms with Crippen LogP contribution in [0.25, 0.3) is 11.1 Å². The summed E-state index contributed by atoms with van der Waals surface area (Å²) in [6.45, 7) is -0.556. The van der Waals surface area contributed by atoms with Crippen LogP contribution in [0.1, 0.15) is 28.8 Å². The lowest BCUT2D eigenvalue weighted by atomic mass is 9.96. The normalized spacial score (nSPS) is 12.6. The maximum atomic E-state index is 12.6. The summed E-state index contributed by atoms with van der Waals surface area (Å²) in [7, 11) is 1.49. The molecule has 1 saturated carbocycles. The van der Waals surface area contributed by atoms with Crippen molar-refractivity contribution in [2.24, 2.45) is 0 Å². The molecule has 2 aromatic carbocycles. The van der Waals surface area contributed by atoms with Gasteiger partial charge in [-0.25, -0.2) is 4.79 Å². The highest BCUT2D eigenvalue weighted by molar-refractivity contribution is 5.99. The third-order valence-corrected chi connectivity index (χ3v) is 4.56. The van der Waals surface area contributed by atoms with Crippen LogP contribution in [-0.4, -0.2) is 48.9 Å². The van der Waals surface area contributed by atoms with Crippen LogP contribution < -0.4 is 5.32 Å². The first-order chi connectivity index (χ1) is 14.0. The molecule has 1 fully saturated rings. The van der Waals surface area contributed by atoms with Gasteiger partial charge in [-0.15, -0.1) is 0 Å². The molecule has 0 aliphatic heterocycles. The summed E-state index contributed by atoms with van der Waals surface area (Å²) in [5.74, 6) is -1.37. The van der Waals surface area contributed by atoms with Crippen molar-refractivity contribution in [2.45, 2.75) is 18.9 Å². The number of nitrogens with one attached hydrogen (secondary N) is 1.